The van der Waals surface area contributed by atoms with Gasteiger partial charge in [-0.3, -0.25) is 9.47 Å². The number of hydrogen-bond acceptors (Lipinski definition) is 6. The summed E-state index contributed by atoms with van der Waals surface area (Å²) in [6, 6.07) is 6.07. The van der Waals surface area contributed by atoms with Gasteiger partial charge in [0.2, 0.25) is 0 Å². The highest BCUT2D eigenvalue weighted by Gasteiger charge is 2.41. The van der Waals surface area contributed by atoms with Gasteiger partial charge in [0, 0.05) is 68.5 Å². The number of pyridine rings is 1. The molecule has 4 aliphatic rings. The van der Waals surface area contributed by atoms with Crippen molar-refractivity contribution in [3.8, 4) is 11.8 Å². The highest BCUT2D eigenvalue weighted by atomic mass is 16.5. The van der Waals surface area contributed by atoms with E-state index in [-0.39, 0.29) is 29.7 Å². The van der Waals surface area contributed by atoms with Gasteiger partial charge in [-0.1, -0.05) is 37.5 Å². The second kappa shape index (κ2) is 9.86. The highest BCUT2D eigenvalue weighted by Crippen LogP contribution is 2.56. The number of rotatable bonds is 8. The Labute approximate surface area is 208 Å². The molecule has 188 valence electrons. The molecule has 2 bridgehead atoms. The van der Waals surface area contributed by atoms with Gasteiger partial charge in [0.15, 0.2) is 11.8 Å². The SMILES string of the molecule is Oc1c2c(c(O)n1CC(CN1CCN(c3ccccn3)CC1)OCC1CCCCC1)[C@H]1C=CC2C1. The average Bonchev–Trinajstić information content (AvgIpc) is 3.59. The van der Waals surface area contributed by atoms with Crippen LogP contribution in [-0.2, 0) is 11.3 Å². The maximum atomic E-state index is 11.1. The molecule has 2 aromatic rings. The molecule has 0 aromatic carbocycles. The number of hydrogen-bond donors (Lipinski definition) is 2. The summed E-state index contributed by atoms with van der Waals surface area (Å²) in [6.45, 7) is 5.84. The van der Waals surface area contributed by atoms with Crippen LogP contribution in [0.25, 0.3) is 0 Å². The van der Waals surface area contributed by atoms with Crippen molar-refractivity contribution in [3.63, 3.8) is 0 Å². The molecule has 2 unspecified atom stereocenters. The Morgan fingerprint density at radius 3 is 2.29 bits per heavy atom. The molecule has 0 radical (unpaired) electrons. The summed E-state index contributed by atoms with van der Waals surface area (Å²) in [6.07, 6.45) is 13.6. The van der Waals surface area contributed by atoms with Crippen LogP contribution in [0.3, 0.4) is 0 Å². The molecule has 2 aromatic heterocycles. The van der Waals surface area contributed by atoms with E-state index in [4.69, 9.17) is 4.74 Å². The van der Waals surface area contributed by atoms with Gasteiger partial charge in [0.1, 0.15) is 5.82 Å². The minimum atomic E-state index is -0.0757. The van der Waals surface area contributed by atoms with E-state index in [9.17, 15) is 10.2 Å². The van der Waals surface area contributed by atoms with Gasteiger partial charge < -0.3 is 19.8 Å². The van der Waals surface area contributed by atoms with E-state index >= 15 is 0 Å². The van der Waals surface area contributed by atoms with Crippen LogP contribution in [0.5, 0.6) is 11.8 Å². The van der Waals surface area contributed by atoms with E-state index in [0.29, 0.717) is 12.5 Å². The first kappa shape index (κ1) is 22.9. The summed E-state index contributed by atoms with van der Waals surface area (Å²) < 4.78 is 8.27. The number of aromatic nitrogens is 2. The van der Waals surface area contributed by atoms with E-state index in [2.05, 4.69) is 33.0 Å². The zero-order valence-corrected chi connectivity index (χ0v) is 20.6. The number of ether oxygens (including phenoxy) is 1. The third-order valence-electron chi connectivity index (χ3n) is 8.59. The van der Waals surface area contributed by atoms with E-state index in [1.807, 2.05) is 18.3 Å². The third-order valence-corrected chi connectivity index (χ3v) is 8.59. The largest absolute Gasteiger partial charge is 0.494 e. The predicted molar refractivity (Wildman–Crippen MR) is 136 cm³/mol. The maximum Gasteiger partial charge on any atom is 0.198 e. The Morgan fingerprint density at radius 1 is 0.914 bits per heavy atom. The van der Waals surface area contributed by atoms with Crippen molar-refractivity contribution < 1.29 is 14.9 Å². The average molecular weight is 479 g/mol. The topological polar surface area (TPSA) is 74.0 Å². The smallest absolute Gasteiger partial charge is 0.198 e. The molecule has 35 heavy (non-hydrogen) atoms. The molecule has 3 heterocycles. The van der Waals surface area contributed by atoms with Crippen molar-refractivity contribution in [2.24, 2.45) is 5.92 Å². The van der Waals surface area contributed by atoms with E-state index in [1.54, 1.807) is 4.57 Å². The summed E-state index contributed by atoms with van der Waals surface area (Å²) in [5.41, 5.74) is 1.87. The van der Waals surface area contributed by atoms with E-state index < -0.39 is 0 Å². The van der Waals surface area contributed by atoms with Crippen LogP contribution in [0.15, 0.2) is 36.5 Å². The van der Waals surface area contributed by atoms with Gasteiger partial charge in [-0.2, -0.15) is 0 Å². The Hall–Kier alpha value is -2.51. The van der Waals surface area contributed by atoms with Crippen LogP contribution >= 0.6 is 0 Å². The first-order chi connectivity index (χ1) is 17.2. The zero-order valence-electron chi connectivity index (χ0n) is 20.6. The first-order valence-corrected chi connectivity index (χ1v) is 13.5. The lowest BCUT2D eigenvalue weighted by Gasteiger charge is -2.37. The van der Waals surface area contributed by atoms with Crippen molar-refractivity contribution >= 4 is 5.82 Å². The van der Waals surface area contributed by atoms with E-state index in [0.717, 1.165) is 62.7 Å². The molecule has 3 aliphatic carbocycles. The summed E-state index contributed by atoms with van der Waals surface area (Å²) in [4.78, 5) is 9.30. The highest BCUT2D eigenvalue weighted by molar-refractivity contribution is 5.58. The second-order valence-electron chi connectivity index (χ2n) is 10.9. The lowest BCUT2D eigenvalue weighted by Crippen LogP contribution is -2.49. The van der Waals surface area contributed by atoms with Crippen LogP contribution in [0.4, 0.5) is 5.82 Å². The Morgan fingerprint density at radius 2 is 1.63 bits per heavy atom. The van der Waals surface area contributed by atoms with Gasteiger partial charge in [0.25, 0.3) is 0 Å². The minimum Gasteiger partial charge on any atom is -0.494 e. The predicted octanol–water partition coefficient (Wildman–Crippen LogP) is 4.22. The van der Waals surface area contributed by atoms with Crippen molar-refractivity contribution in [2.75, 3.05) is 44.2 Å². The van der Waals surface area contributed by atoms with Crippen LogP contribution in [0.1, 0.15) is 61.5 Å². The summed E-state index contributed by atoms with van der Waals surface area (Å²) in [5.74, 6) is 2.62. The van der Waals surface area contributed by atoms with E-state index in [1.165, 1.54) is 32.1 Å². The quantitative estimate of drug-likeness (QED) is 0.554. The fourth-order valence-corrected chi connectivity index (χ4v) is 6.64. The molecule has 2 fully saturated rings. The van der Waals surface area contributed by atoms with Crippen LogP contribution in [-0.4, -0.2) is 70.1 Å². The third kappa shape index (κ3) is 4.56. The van der Waals surface area contributed by atoms with Gasteiger partial charge in [-0.05, 0) is 37.3 Å². The molecule has 7 heteroatoms. The molecule has 2 N–H and O–H groups in total. The number of anilines is 1. The van der Waals surface area contributed by atoms with Crippen molar-refractivity contribution in [2.45, 2.75) is 63.0 Å². The van der Waals surface area contributed by atoms with Crippen LogP contribution in [0, 0.1) is 5.92 Å². The molecule has 7 nitrogen and oxygen atoms in total. The molecular formula is C28H38N4O3. The van der Waals surface area contributed by atoms with Gasteiger partial charge >= 0.3 is 0 Å². The Bertz CT molecular complexity index is 1000. The number of nitrogens with zero attached hydrogens (tertiary/aromatic N) is 4. The standard InChI is InChI=1S/C28H38N4O3/c33-27-25-21-9-10-22(16-21)26(25)28(34)32(27)18-23(35-19-20-6-2-1-3-7-20)17-30-12-14-31(15-13-30)24-8-4-5-11-29-24/h4-5,8-11,20-23,33-34H,1-3,6-7,12-19H2/t21-,22?,23?/m0/s1. The molecule has 6 rings (SSSR count). The van der Waals surface area contributed by atoms with Gasteiger partial charge in [-0.15, -0.1) is 0 Å². The van der Waals surface area contributed by atoms with Crippen molar-refractivity contribution in [1.82, 2.24) is 14.5 Å². The number of piperazine rings is 1. The fraction of sp³-hybridized carbons (Fsp3) is 0.607. The normalized spacial score (nSPS) is 25.3. The molecule has 1 aliphatic heterocycles. The summed E-state index contributed by atoms with van der Waals surface area (Å²) in [5, 5.41) is 22.1. The number of fused-ring (bicyclic) bond motifs is 5. The molecule has 0 amide bonds. The summed E-state index contributed by atoms with van der Waals surface area (Å²) >= 11 is 0. The molecule has 1 saturated heterocycles. The fourth-order valence-electron chi connectivity index (χ4n) is 6.64. The van der Waals surface area contributed by atoms with Gasteiger partial charge in [-0.25, -0.2) is 4.98 Å². The Balaban J connectivity index is 1.14. The summed E-state index contributed by atoms with van der Waals surface area (Å²) in [7, 11) is 0. The maximum absolute atomic E-state index is 11.1. The van der Waals surface area contributed by atoms with Gasteiger partial charge in [0.05, 0.1) is 12.6 Å². The number of allylic oxidation sites excluding steroid dienone is 2. The first-order valence-electron chi connectivity index (χ1n) is 13.5. The molecule has 1 saturated carbocycles. The molecular weight excluding hydrogens is 440 g/mol. The molecule has 0 spiro atoms. The zero-order chi connectivity index (χ0) is 23.8. The number of aromatic hydroxyl groups is 2. The van der Waals surface area contributed by atoms with Crippen LogP contribution < -0.4 is 4.90 Å². The molecule has 3 atom stereocenters. The Kier molecular flexibility index (Phi) is 6.46. The second-order valence-corrected chi connectivity index (χ2v) is 10.9. The lowest BCUT2D eigenvalue weighted by atomic mass is 9.90. The minimum absolute atomic E-state index is 0.0757. The van der Waals surface area contributed by atoms with Crippen molar-refractivity contribution in [1.29, 1.82) is 0 Å². The van der Waals surface area contributed by atoms with Crippen LogP contribution in [0.2, 0.25) is 0 Å². The van der Waals surface area contributed by atoms with Crippen molar-refractivity contribution in [3.05, 3.63) is 47.7 Å². The lowest BCUT2D eigenvalue weighted by molar-refractivity contribution is -0.0107. The monoisotopic (exact) mass is 478 g/mol.